The Bertz CT molecular complexity index is 1730. The molecule has 43 heavy (non-hydrogen) atoms. The van der Waals surface area contributed by atoms with E-state index in [2.05, 4.69) is 35.4 Å². The molecule has 0 saturated carbocycles. The molecule has 6 rings (SSSR count). The van der Waals surface area contributed by atoms with Crippen molar-refractivity contribution in [1.29, 1.82) is 0 Å². The van der Waals surface area contributed by atoms with E-state index in [-0.39, 0.29) is 17.8 Å². The number of pyridine rings is 2. The summed E-state index contributed by atoms with van der Waals surface area (Å²) in [6, 6.07) is 10.4. The number of nitrogens with zero attached hydrogens (tertiary/aromatic N) is 6. The zero-order chi connectivity index (χ0) is 30.3. The molecule has 1 saturated heterocycles. The highest BCUT2D eigenvalue weighted by molar-refractivity contribution is 5.91. The first kappa shape index (κ1) is 28.8. The lowest BCUT2D eigenvalue weighted by Gasteiger charge is -2.34. The van der Waals surface area contributed by atoms with Crippen LogP contribution in [0.2, 0.25) is 0 Å². The number of hydrogen-bond acceptors (Lipinski definition) is 11. The van der Waals surface area contributed by atoms with Gasteiger partial charge >= 0.3 is 0 Å². The minimum absolute atomic E-state index is 0.0469. The molecule has 5 aromatic rings. The minimum Gasteiger partial charge on any atom is -0.390 e. The Morgan fingerprint density at radius 2 is 1.95 bits per heavy atom. The van der Waals surface area contributed by atoms with E-state index in [9.17, 15) is 15.3 Å². The normalized spacial score (nSPS) is 18.3. The van der Waals surface area contributed by atoms with Gasteiger partial charge in [-0.15, -0.1) is 0 Å². The minimum atomic E-state index is -1.22. The molecule has 12 nitrogen and oxygen atoms in total. The Labute approximate surface area is 246 Å². The van der Waals surface area contributed by atoms with Crippen molar-refractivity contribution >= 4 is 16.9 Å². The number of aromatic nitrogens is 6. The third kappa shape index (κ3) is 5.97. The molecule has 5 heterocycles. The number of anilines is 1. The van der Waals surface area contributed by atoms with Crippen molar-refractivity contribution < 1.29 is 24.2 Å². The standard InChI is InChI=1S/C30H33FN8O4/c1-30(2,3)29-37-27(38-43-29)28(42)34-13-17-5-4-16(12-20(17)31)19-8-10-32-26-24(19)35-25(36-26)21-7-6-18(14-33-21)39-11-9-22(40)23(41)15-39/h4-8,10,12,14,22-23,28,34,40-42H,9,11,13,15H2,1-3H3,(H,32,35,36)/t22-,23-,28?/m0/s1. The number of aromatic amines is 1. The van der Waals surface area contributed by atoms with Crippen molar-refractivity contribution in [3.8, 4) is 22.6 Å². The first-order valence-corrected chi connectivity index (χ1v) is 14.0. The molecule has 13 heteroatoms. The van der Waals surface area contributed by atoms with Crippen molar-refractivity contribution in [3.63, 3.8) is 0 Å². The van der Waals surface area contributed by atoms with Gasteiger partial charge in [0.2, 0.25) is 11.7 Å². The summed E-state index contributed by atoms with van der Waals surface area (Å²) < 4.78 is 20.4. The van der Waals surface area contributed by atoms with Gasteiger partial charge in [-0.2, -0.15) is 4.98 Å². The second kappa shape index (κ2) is 11.4. The van der Waals surface area contributed by atoms with Gasteiger partial charge in [0.05, 0.1) is 29.6 Å². The third-order valence-electron chi connectivity index (χ3n) is 7.47. The van der Waals surface area contributed by atoms with Crippen LogP contribution in [0.3, 0.4) is 0 Å². The van der Waals surface area contributed by atoms with E-state index in [1.807, 2.05) is 37.8 Å². The molecule has 1 aliphatic rings. The number of hydrogen-bond donors (Lipinski definition) is 5. The largest absolute Gasteiger partial charge is 0.390 e. The molecule has 0 bridgehead atoms. The molecule has 224 valence electrons. The smallest absolute Gasteiger partial charge is 0.232 e. The molecule has 0 radical (unpaired) electrons. The highest BCUT2D eigenvalue weighted by Gasteiger charge is 2.27. The van der Waals surface area contributed by atoms with Crippen molar-refractivity contribution in [2.75, 3.05) is 18.0 Å². The second-order valence-corrected chi connectivity index (χ2v) is 11.7. The molecule has 4 aromatic heterocycles. The second-order valence-electron chi connectivity index (χ2n) is 11.7. The van der Waals surface area contributed by atoms with E-state index in [4.69, 9.17) is 4.52 Å². The number of nitrogens with one attached hydrogen (secondary N) is 2. The van der Waals surface area contributed by atoms with Crippen LogP contribution in [-0.4, -0.2) is 70.7 Å². The highest BCUT2D eigenvalue weighted by atomic mass is 19.1. The number of piperidine rings is 1. The van der Waals surface area contributed by atoms with Gasteiger partial charge in [0, 0.05) is 42.4 Å². The van der Waals surface area contributed by atoms with Crippen molar-refractivity contribution in [2.45, 2.75) is 57.6 Å². The van der Waals surface area contributed by atoms with E-state index in [1.165, 1.54) is 6.07 Å². The molecule has 0 aliphatic carbocycles. The van der Waals surface area contributed by atoms with Gasteiger partial charge < -0.3 is 29.7 Å². The monoisotopic (exact) mass is 588 g/mol. The Hall–Kier alpha value is -4.30. The zero-order valence-corrected chi connectivity index (χ0v) is 24.0. The quantitative estimate of drug-likeness (QED) is 0.177. The van der Waals surface area contributed by atoms with E-state index < -0.39 is 24.3 Å². The van der Waals surface area contributed by atoms with E-state index in [0.29, 0.717) is 59.2 Å². The SMILES string of the molecule is CC(C)(C)c1nc(C(O)NCc2ccc(-c3ccnc4nc(-c5ccc(N6CC[C@H](O)[C@@H](O)C6)cn5)[nH]c34)cc2F)no1. The number of aliphatic hydroxyl groups excluding tert-OH is 3. The van der Waals surface area contributed by atoms with Crippen LogP contribution in [0.4, 0.5) is 10.1 Å². The predicted molar refractivity (Wildman–Crippen MR) is 156 cm³/mol. The fraction of sp³-hybridized carbons (Fsp3) is 0.367. The van der Waals surface area contributed by atoms with Gasteiger partial charge in [-0.3, -0.25) is 10.3 Å². The van der Waals surface area contributed by atoms with Crippen LogP contribution in [0, 0.1) is 5.82 Å². The van der Waals surface area contributed by atoms with Crippen molar-refractivity contribution in [3.05, 3.63) is 71.9 Å². The molecule has 5 N–H and O–H groups in total. The lowest BCUT2D eigenvalue weighted by molar-refractivity contribution is 0.00801. The molecule has 1 aliphatic heterocycles. The lowest BCUT2D eigenvalue weighted by Crippen LogP contribution is -2.46. The van der Waals surface area contributed by atoms with Crippen LogP contribution >= 0.6 is 0 Å². The van der Waals surface area contributed by atoms with Gasteiger partial charge in [0.25, 0.3) is 0 Å². The number of imidazole rings is 1. The fourth-order valence-corrected chi connectivity index (χ4v) is 4.95. The number of rotatable bonds is 7. The topological polar surface area (TPSA) is 169 Å². The maximum atomic E-state index is 15.2. The predicted octanol–water partition coefficient (Wildman–Crippen LogP) is 3.22. The summed E-state index contributed by atoms with van der Waals surface area (Å²) in [5.41, 5.74) is 3.92. The van der Waals surface area contributed by atoms with E-state index in [1.54, 1.807) is 30.6 Å². The summed E-state index contributed by atoms with van der Waals surface area (Å²) in [6.45, 7) is 6.78. The number of halogens is 1. The highest BCUT2D eigenvalue weighted by Crippen LogP contribution is 2.30. The Morgan fingerprint density at radius 3 is 2.65 bits per heavy atom. The molecule has 3 atom stereocenters. The fourth-order valence-electron chi connectivity index (χ4n) is 4.95. The number of aliphatic hydroxyl groups is 3. The summed E-state index contributed by atoms with van der Waals surface area (Å²) >= 11 is 0. The van der Waals surface area contributed by atoms with Gasteiger partial charge in [-0.25, -0.2) is 14.4 Å². The average Bonchev–Trinajstić information content (AvgIpc) is 3.66. The number of fused-ring (bicyclic) bond motifs is 1. The maximum absolute atomic E-state index is 15.2. The van der Waals surface area contributed by atoms with Gasteiger partial charge in [0.15, 0.2) is 17.7 Å². The van der Waals surface area contributed by atoms with Gasteiger partial charge in [-0.05, 0) is 36.2 Å². The molecular formula is C30H33FN8O4. The first-order chi connectivity index (χ1) is 20.6. The first-order valence-electron chi connectivity index (χ1n) is 14.0. The van der Waals surface area contributed by atoms with Crippen LogP contribution in [0.5, 0.6) is 0 Å². The van der Waals surface area contributed by atoms with Crippen molar-refractivity contribution in [1.82, 2.24) is 35.4 Å². The van der Waals surface area contributed by atoms with Crippen LogP contribution in [0.15, 0.2) is 53.3 Å². The molecule has 1 unspecified atom stereocenters. The summed E-state index contributed by atoms with van der Waals surface area (Å²) in [7, 11) is 0. The molecule has 1 aromatic carbocycles. The van der Waals surface area contributed by atoms with Crippen LogP contribution in [0.1, 0.15) is 50.7 Å². The van der Waals surface area contributed by atoms with Gasteiger partial charge in [-0.1, -0.05) is 38.1 Å². The molecular weight excluding hydrogens is 555 g/mol. The third-order valence-corrected chi connectivity index (χ3v) is 7.47. The summed E-state index contributed by atoms with van der Waals surface area (Å²) in [5, 5.41) is 36.9. The van der Waals surface area contributed by atoms with E-state index in [0.717, 1.165) is 11.3 Å². The molecule has 0 amide bonds. The summed E-state index contributed by atoms with van der Waals surface area (Å²) in [4.78, 5) is 23.0. The Kier molecular flexibility index (Phi) is 7.65. The van der Waals surface area contributed by atoms with E-state index >= 15 is 4.39 Å². The molecule has 0 spiro atoms. The average molecular weight is 589 g/mol. The Balaban J connectivity index is 1.18. The van der Waals surface area contributed by atoms with Crippen LogP contribution in [0.25, 0.3) is 33.8 Å². The van der Waals surface area contributed by atoms with Crippen LogP contribution in [-0.2, 0) is 12.0 Å². The number of benzene rings is 1. The van der Waals surface area contributed by atoms with Crippen molar-refractivity contribution in [2.24, 2.45) is 0 Å². The Morgan fingerprint density at radius 1 is 1.12 bits per heavy atom. The summed E-state index contributed by atoms with van der Waals surface area (Å²) in [5.74, 6) is 0.558. The lowest BCUT2D eigenvalue weighted by atomic mass is 9.97. The van der Waals surface area contributed by atoms with Gasteiger partial charge in [0.1, 0.15) is 11.5 Å². The van der Waals surface area contributed by atoms with Crippen LogP contribution < -0.4 is 10.2 Å². The summed E-state index contributed by atoms with van der Waals surface area (Å²) in [6.07, 6.45) is 1.09. The maximum Gasteiger partial charge on any atom is 0.232 e. The number of H-pyrrole nitrogens is 1. The number of β-amino-alcohol motifs (C(OH)–C–C–N with tert-alkyl or cyclic N) is 1. The molecule has 1 fully saturated rings. The zero-order valence-electron chi connectivity index (χ0n) is 24.0.